The molecule has 0 spiro atoms. The van der Waals surface area contributed by atoms with Crippen LogP contribution in [0.15, 0.2) is 18.2 Å². The van der Waals surface area contributed by atoms with E-state index in [9.17, 15) is 8.78 Å². The molecule has 1 aromatic carbocycles. The maximum Gasteiger partial charge on any atom is 0.128 e. The molecule has 1 aromatic rings. The largest absolute Gasteiger partial charge is 0.313 e. The minimum Gasteiger partial charge on any atom is -0.313 e. The Morgan fingerprint density at radius 2 is 2.00 bits per heavy atom. The summed E-state index contributed by atoms with van der Waals surface area (Å²) in [6.07, 6.45) is 3.04. The molecule has 0 heterocycles. The molecule has 1 nitrogen and oxygen atoms in total. The number of rotatable bonds is 6. The summed E-state index contributed by atoms with van der Waals surface area (Å²) in [6, 6.07) is 3.52. The van der Waals surface area contributed by atoms with Crippen LogP contribution in [-0.2, 0) is 0 Å². The Kier molecular flexibility index (Phi) is 5.56. The number of benzene rings is 1. The van der Waals surface area contributed by atoms with E-state index in [2.05, 4.69) is 19.2 Å². The van der Waals surface area contributed by atoms with Gasteiger partial charge in [0.15, 0.2) is 0 Å². The van der Waals surface area contributed by atoms with Crippen molar-refractivity contribution in [1.29, 1.82) is 0 Å². The van der Waals surface area contributed by atoms with Crippen LogP contribution in [0.5, 0.6) is 0 Å². The third-order valence-corrected chi connectivity index (χ3v) is 3.10. The van der Waals surface area contributed by atoms with Crippen LogP contribution in [0.2, 0.25) is 0 Å². The fraction of sp³-hybridized carbons (Fsp3) is 0.571. The average Bonchev–Trinajstić information content (AvgIpc) is 2.30. The van der Waals surface area contributed by atoms with Gasteiger partial charge in [0.2, 0.25) is 0 Å². The van der Waals surface area contributed by atoms with E-state index >= 15 is 0 Å². The van der Waals surface area contributed by atoms with Crippen molar-refractivity contribution in [3.63, 3.8) is 0 Å². The second-order valence-corrected chi connectivity index (χ2v) is 4.64. The molecule has 0 aliphatic heterocycles. The summed E-state index contributed by atoms with van der Waals surface area (Å²) in [6.45, 7) is 4.28. The molecule has 3 heteroatoms. The molecule has 96 valence electrons. The van der Waals surface area contributed by atoms with E-state index in [1.54, 1.807) is 7.05 Å². The van der Waals surface area contributed by atoms with Crippen molar-refractivity contribution >= 4 is 0 Å². The van der Waals surface area contributed by atoms with Gasteiger partial charge in [-0.3, -0.25) is 0 Å². The fourth-order valence-corrected chi connectivity index (χ4v) is 2.19. The molecule has 0 radical (unpaired) electrons. The van der Waals surface area contributed by atoms with Crippen LogP contribution in [0.1, 0.15) is 44.7 Å². The van der Waals surface area contributed by atoms with Crippen molar-refractivity contribution in [3.8, 4) is 0 Å². The maximum absolute atomic E-state index is 13.6. The van der Waals surface area contributed by atoms with Crippen LogP contribution in [0.4, 0.5) is 8.78 Å². The van der Waals surface area contributed by atoms with E-state index in [4.69, 9.17) is 0 Å². The quantitative estimate of drug-likeness (QED) is 0.792. The van der Waals surface area contributed by atoms with Crippen molar-refractivity contribution < 1.29 is 8.78 Å². The van der Waals surface area contributed by atoms with E-state index in [1.807, 2.05) is 0 Å². The van der Waals surface area contributed by atoms with Gasteiger partial charge in [0.25, 0.3) is 0 Å². The lowest BCUT2D eigenvalue weighted by Crippen LogP contribution is -2.20. The lowest BCUT2D eigenvalue weighted by atomic mass is 9.93. The highest BCUT2D eigenvalue weighted by atomic mass is 19.1. The molecule has 0 saturated heterocycles. The summed E-state index contributed by atoms with van der Waals surface area (Å²) in [7, 11) is 1.79. The highest BCUT2D eigenvalue weighted by molar-refractivity contribution is 5.22. The molecule has 2 atom stereocenters. The smallest absolute Gasteiger partial charge is 0.128 e. The highest BCUT2D eigenvalue weighted by Crippen LogP contribution is 2.26. The van der Waals surface area contributed by atoms with E-state index < -0.39 is 0 Å². The molecule has 0 saturated carbocycles. The van der Waals surface area contributed by atoms with Gasteiger partial charge in [0, 0.05) is 11.6 Å². The summed E-state index contributed by atoms with van der Waals surface area (Å²) in [4.78, 5) is 0. The van der Waals surface area contributed by atoms with Crippen molar-refractivity contribution in [2.24, 2.45) is 5.92 Å². The molecule has 1 rings (SSSR count). The third kappa shape index (κ3) is 4.08. The molecular weight excluding hydrogens is 220 g/mol. The maximum atomic E-state index is 13.6. The van der Waals surface area contributed by atoms with Gasteiger partial charge in [-0.2, -0.15) is 0 Å². The average molecular weight is 241 g/mol. The SMILES string of the molecule is CCCC(C)CC(NC)c1cc(F)ccc1F. The summed E-state index contributed by atoms with van der Waals surface area (Å²) in [5.41, 5.74) is 0.426. The van der Waals surface area contributed by atoms with E-state index in [-0.39, 0.29) is 17.7 Å². The molecule has 0 aliphatic rings. The van der Waals surface area contributed by atoms with Crippen LogP contribution in [0.3, 0.4) is 0 Å². The first kappa shape index (κ1) is 14.1. The zero-order chi connectivity index (χ0) is 12.8. The van der Waals surface area contributed by atoms with Gasteiger partial charge in [-0.15, -0.1) is 0 Å². The second kappa shape index (κ2) is 6.70. The molecule has 0 aliphatic carbocycles. The lowest BCUT2D eigenvalue weighted by molar-refractivity contribution is 0.396. The predicted molar refractivity (Wildman–Crippen MR) is 66.8 cm³/mol. The molecule has 0 amide bonds. The van der Waals surface area contributed by atoms with Crippen molar-refractivity contribution in [3.05, 3.63) is 35.4 Å². The van der Waals surface area contributed by atoms with Crippen LogP contribution >= 0.6 is 0 Å². The van der Waals surface area contributed by atoms with Crippen molar-refractivity contribution in [2.45, 2.75) is 39.2 Å². The van der Waals surface area contributed by atoms with Gasteiger partial charge >= 0.3 is 0 Å². The summed E-state index contributed by atoms with van der Waals surface area (Å²) in [5, 5.41) is 3.07. The van der Waals surface area contributed by atoms with E-state index in [0.29, 0.717) is 11.5 Å². The summed E-state index contributed by atoms with van der Waals surface area (Å²) < 4.78 is 26.8. The zero-order valence-electron chi connectivity index (χ0n) is 10.8. The Labute approximate surface area is 102 Å². The number of nitrogens with one attached hydrogen (secondary N) is 1. The van der Waals surface area contributed by atoms with Crippen LogP contribution in [-0.4, -0.2) is 7.05 Å². The van der Waals surface area contributed by atoms with Crippen LogP contribution in [0.25, 0.3) is 0 Å². The van der Waals surface area contributed by atoms with Crippen molar-refractivity contribution in [1.82, 2.24) is 5.32 Å². The van der Waals surface area contributed by atoms with E-state index in [1.165, 1.54) is 12.1 Å². The van der Waals surface area contributed by atoms with Crippen LogP contribution in [0, 0.1) is 17.6 Å². The standard InChI is InChI=1S/C14H21F2N/c1-4-5-10(2)8-14(17-3)12-9-11(15)6-7-13(12)16/h6-7,9-10,14,17H,4-5,8H2,1-3H3. The Hall–Kier alpha value is -0.960. The van der Waals surface area contributed by atoms with Gasteiger partial charge in [0.05, 0.1) is 0 Å². The van der Waals surface area contributed by atoms with Gasteiger partial charge in [0.1, 0.15) is 11.6 Å². The molecule has 17 heavy (non-hydrogen) atoms. The molecule has 2 unspecified atom stereocenters. The predicted octanol–water partition coefficient (Wildman–Crippen LogP) is 4.05. The molecule has 0 bridgehead atoms. The molecular formula is C14H21F2N. The Balaban J connectivity index is 2.82. The first-order chi connectivity index (χ1) is 8.08. The van der Waals surface area contributed by atoms with Gasteiger partial charge < -0.3 is 5.32 Å². The van der Waals surface area contributed by atoms with Gasteiger partial charge in [-0.25, -0.2) is 8.78 Å². The Morgan fingerprint density at radius 3 is 2.59 bits per heavy atom. The van der Waals surface area contributed by atoms with E-state index in [0.717, 1.165) is 25.3 Å². The Bertz CT molecular complexity index is 352. The molecule has 1 N–H and O–H groups in total. The first-order valence-corrected chi connectivity index (χ1v) is 6.20. The molecule has 0 aromatic heterocycles. The van der Waals surface area contributed by atoms with Crippen molar-refractivity contribution in [2.75, 3.05) is 7.05 Å². The number of hydrogen-bond donors (Lipinski definition) is 1. The topological polar surface area (TPSA) is 12.0 Å². The van der Waals surface area contributed by atoms with Gasteiger partial charge in [-0.05, 0) is 37.6 Å². The lowest BCUT2D eigenvalue weighted by Gasteiger charge is -2.21. The minimum atomic E-state index is -0.384. The monoisotopic (exact) mass is 241 g/mol. The first-order valence-electron chi connectivity index (χ1n) is 6.20. The fourth-order valence-electron chi connectivity index (χ4n) is 2.19. The third-order valence-electron chi connectivity index (χ3n) is 3.10. The number of hydrogen-bond acceptors (Lipinski definition) is 1. The number of halogens is 2. The summed E-state index contributed by atoms with van der Waals surface area (Å²) >= 11 is 0. The summed E-state index contributed by atoms with van der Waals surface area (Å²) in [5.74, 6) is -0.223. The molecule has 0 fully saturated rings. The van der Waals surface area contributed by atoms with Gasteiger partial charge in [-0.1, -0.05) is 26.7 Å². The highest BCUT2D eigenvalue weighted by Gasteiger charge is 2.17. The normalized spacial score (nSPS) is 14.6. The zero-order valence-corrected chi connectivity index (χ0v) is 10.8. The second-order valence-electron chi connectivity index (χ2n) is 4.64. The van der Waals surface area contributed by atoms with Crippen LogP contribution < -0.4 is 5.32 Å². The Morgan fingerprint density at radius 1 is 1.29 bits per heavy atom. The minimum absolute atomic E-state index is 0.118.